The number of alkyl halides is 3. The molecule has 0 atom stereocenters. The van der Waals surface area contributed by atoms with E-state index in [1.54, 1.807) is 0 Å². The molecule has 0 saturated heterocycles. The van der Waals surface area contributed by atoms with E-state index >= 15 is 0 Å². The molecule has 138 valence electrons. The van der Waals surface area contributed by atoms with Crippen molar-refractivity contribution in [2.75, 3.05) is 0 Å². The zero-order valence-corrected chi connectivity index (χ0v) is 14.0. The third-order valence-electron chi connectivity index (χ3n) is 3.13. The van der Waals surface area contributed by atoms with E-state index in [-0.39, 0.29) is 17.1 Å². The topological polar surface area (TPSA) is 89.7 Å². The molecule has 0 aliphatic heterocycles. The molecule has 0 unspecified atom stereocenters. The van der Waals surface area contributed by atoms with E-state index in [1.165, 1.54) is 0 Å². The second kappa shape index (κ2) is 7.38. The summed E-state index contributed by atoms with van der Waals surface area (Å²) in [4.78, 5) is 21.0. The lowest BCUT2D eigenvalue weighted by atomic mass is 10.1. The van der Waals surface area contributed by atoms with Crippen molar-refractivity contribution in [1.29, 1.82) is 0 Å². The molecule has 26 heavy (non-hydrogen) atoms. The summed E-state index contributed by atoms with van der Waals surface area (Å²) in [5.41, 5.74) is -1.67. The molecule has 0 amide bonds. The number of benzene rings is 2. The molecule has 0 aliphatic rings. The maximum atomic E-state index is 12.7. The Kier molecular flexibility index (Phi) is 5.62. The lowest BCUT2D eigenvalue weighted by Gasteiger charge is -2.13. The Morgan fingerprint density at radius 3 is 2.23 bits per heavy atom. The number of nitrogens with zero attached hydrogens (tertiary/aromatic N) is 1. The standard InChI is InChI=1S/C15H8Cl2F3NO5/c16-10-5-8(15(18,19)20)6-11(17)14(10)26-9-1-2-12(21(24)25)7(3-9)4-13(22)23/h1-3,5-6H,4H2,(H,22,23). The van der Waals surface area contributed by atoms with Gasteiger partial charge in [-0.05, 0) is 24.3 Å². The van der Waals surface area contributed by atoms with Gasteiger partial charge in [-0.25, -0.2) is 0 Å². The van der Waals surface area contributed by atoms with E-state index in [4.69, 9.17) is 33.0 Å². The van der Waals surface area contributed by atoms with Gasteiger partial charge in [-0.1, -0.05) is 23.2 Å². The number of hydrogen-bond donors (Lipinski definition) is 1. The van der Waals surface area contributed by atoms with Crippen molar-refractivity contribution < 1.29 is 32.7 Å². The van der Waals surface area contributed by atoms with E-state index in [1.807, 2.05) is 0 Å². The summed E-state index contributed by atoms with van der Waals surface area (Å²) in [6.07, 6.45) is -5.31. The van der Waals surface area contributed by atoms with Crippen LogP contribution in [0.3, 0.4) is 0 Å². The summed E-state index contributed by atoms with van der Waals surface area (Å²) in [6.45, 7) is 0. The van der Waals surface area contributed by atoms with E-state index in [9.17, 15) is 28.1 Å². The summed E-state index contributed by atoms with van der Waals surface area (Å²) >= 11 is 11.6. The first kappa shape index (κ1) is 19.8. The summed E-state index contributed by atoms with van der Waals surface area (Å²) in [6, 6.07) is 4.47. The quantitative estimate of drug-likeness (QED) is 0.531. The molecule has 0 spiro atoms. The fourth-order valence-corrected chi connectivity index (χ4v) is 2.61. The number of carbonyl (C=O) groups is 1. The van der Waals surface area contributed by atoms with Crippen LogP contribution >= 0.6 is 23.2 Å². The van der Waals surface area contributed by atoms with Crippen LogP contribution in [0.2, 0.25) is 10.0 Å². The summed E-state index contributed by atoms with van der Waals surface area (Å²) in [5.74, 6) is -1.68. The first-order chi connectivity index (χ1) is 12.0. The van der Waals surface area contributed by atoms with Gasteiger partial charge in [-0.15, -0.1) is 0 Å². The van der Waals surface area contributed by atoms with Crippen LogP contribution in [0.4, 0.5) is 18.9 Å². The number of hydrogen-bond acceptors (Lipinski definition) is 4. The zero-order chi connectivity index (χ0) is 19.6. The van der Waals surface area contributed by atoms with E-state index in [0.717, 1.165) is 18.2 Å². The highest BCUT2D eigenvalue weighted by Gasteiger charge is 2.32. The van der Waals surface area contributed by atoms with Crippen molar-refractivity contribution >= 4 is 34.9 Å². The highest BCUT2D eigenvalue weighted by molar-refractivity contribution is 6.37. The molecule has 0 fully saturated rings. The Morgan fingerprint density at radius 2 is 1.77 bits per heavy atom. The minimum absolute atomic E-state index is 0.0737. The molecule has 6 nitrogen and oxygen atoms in total. The van der Waals surface area contributed by atoms with Gasteiger partial charge in [0.15, 0.2) is 5.75 Å². The summed E-state index contributed by atoms with van der Waals surface area (Å²) in [5, 5.41) is 18.9. The first-order valence-corrected chi connectivity index (χ1v) is 7.48. The molecule has 0 heterocycles. The molecule has 0 bridgehead atoms. The Balaban J connectivity index is 2.42. The minimum Gasteiger partial charge on any atom is -0.481 e. The van der Waals surface area contributed by atoms with E-state index < -0.39 is 44.8 Å². The van der Waals surface area contributed by atoms with Crippen molar-refractivity contribution in [2.45, 2.75) is 12.6 Å². The summed E-state index contributed by atoms with van der Waals surface area (Å²) < 4.78 is 43.5. The Morgan fingerprint density at radius 1 is 1.19 bits per heavy atom. The van der Waals surface area contributed by atoms with Gasteiger partial charge >= 0.3 is 12.1 Å². The van der Waals surface area contributed by atoms with Crippen LogP contribution in [-0.4, -0.2) is 16.0 Å². The van der Waals surface area contributed by atoms with Crippen LogP contribution in [0.15, 0.2) is 30.3 Å². The fraction of sp³-hybridized carbons (Fsp3) is 0.133. The predicted octanol–water partition coefficient (Wildman–Crippen LogP) is 5.34. The van der Waals surface area contributed by atoms with Gasteiger partial charge in [0.25, 0.3) is 5.69 Å². The third-order valence-corrected chi connectivity index (χ3v) is 3.70. The lowest BCUT2D eigenvalue weighted by molar-refractivity contribution is -0.385. The minimum atomic E-state index is -4.66. The normalized spacial score (nSPS) is 11.3. The number of carboxylic acid groups (broad SMARTS) is 1. The van der Waals surface area contributed by atoms with Crippen LogP contribution in [-0.2, 0) is 17.4 Å². The highest BCUT2D eigenvalue weighted by atomic mass is 35.5. The molecule has 2 aromatic rings. The van der Waals surface area contributed by atoms with Crippen LogP contribution in [0.1, 0.15) is 11.1 Å². The van der Waals surface area contributed by atoms with Crippen molar-refractivity contribution in [3.05, 3.63) is 61.6 Å². The maximum Gasteiger partial charge on any atom is 0.416 e. The summed E-state index contributed by atoms with van der Waals surface area (Å²) in [7, 11) is 0. The number of nitro benzene ring substituents is 1. The Bertz CT molecular complexity index is 863. The van der Waals surface area contributed by atoms with Gasteiger partial charge in [0.05, 0.1) is 27.0 Å². The van der Waals surface area contributed by atoms with Gasteiger partial charge in [0.2, 0.25) is 0 Å². The predicted molar refractivity (Wildman–Crippen MR) is 86.0 cm³/mol. The van der Waals surface area contributed by atoms with Gasteiger partial charge in [0.1, 0.15) is 5.75 Å². The number of ether oxygens (including phenoxy) is 1. The van der Waals surface area contributed by atoms with Gasteiger partial charge in [0, 0.05) is 11.6 Å². The molecule has 0 aromatic heterocycles. The molecule has 0 aliphatic carbocycles. The van der Waals surface area contributed by atoms with E-state index in [0.29, 0.717) is 12.1 Å². The molecule has 2 rings (SSSR count). The average Bonchev–Trinajstić information content (AvgIpc) is 2.49. The fourth-order valence-electron chi connectivity index (χ4n) is 2.05. The van der Waals surface area contributed by atoms with E-state index in [2.05, 4.69) is 0 Å². The number of nitro groups is 1. The smallest absolute Gasteiger partial charge is 0.416 e. The number of carboxylic acids is 1. The second-order valence-electron chi connectivity index (χ2n) is 4.99. The number of aliphatic carboxylic acids is 1. The average molecular weight is 410 g/mol. The second-order valence-corrected chi connectivity index (χ2v) is 5.80. The Labute approximate surface area is 153 Å². The first-order valence-electron chi connectivity index (χ1n) is 6.72. The Hall–Kier alpha value is -2.52. The number of rotatable bonds is 5. The molecule has 2 aromatic carbocycles. The SMILES string of the molecule is O=C(O)Cc1cc(Oc2c(Cl)cc(C(F)(F)F)cc2Cl)ccc1[N+](=O)[O-]. The molecular weight excluding hydrogens is 402 g/mol. The third kappa shape index (κ3) is 4.55. The van der Waals surface area contributed by atoms with Gasteiger partial charge in [-0.3, -0.25) is 14.9 Å². The molecular formula is C15H8Cl2F3NO5. The largest absolute Gasteiger partial charge is 0.481 e. The van der Waals surface area contributed by atoms with Crippen molar-refractivity contribution in [1.82, 2.24) is 0 Å². The van der Waals surface area contributed by atoms with Crippen LogP contribution in [0, 0.1) is 10.1 Å². The molecule has 1 N–H and O–H groups in total. The van der Waals surface area contributed by atoms with Crippen molar-refractivity contribution in [2.24, 2.45) is 0 Å². The van der Waals surface area contributed by atoms with Crippen LogP contribution in [0.25, 0.3) is 0 Å². The molecule has 0 saturated carbocycles. The lowest BCUT2D eigenvalue weighted by Crippen LogP contribution is -2.05. The maximum absolute atomic E-state index is 12.7. The zero-order valence-electron chi connectivity index (χ0n) is 12.5. The van der Waals surface area contributed by atoms with Gasteiger partial charge in [-0.2, -0.15) is 13.2 Å². The van der Waals surface area contributed by atoms with Crippen molar-refractivity contribution in [3.8, 4) is 11.5 Å². The highest BCUT2D eigenvalue weighted by Crippen LogP contribution is 2.42. The van der Waals surface area contributed by atoms with Crippen molar-refractivity contribution in [3.63, 3.8) is 0 Å². The van der Waals surface area contributed by atoms with Gasteiger partial charge < -0.3 is 9.84 Å². The number of halogens is 5. The van der Waals surface area contributed by atoms with Crippen LogP contribution in [0.5, 0.6) is 11.5 Å². The van der Waals surface area contributed by atoms with Crippen LogP contribution < -0.4 is 4.74 Å². The molecule has 11 heteroatoms. The molecule has 0 radical (unpaired) electrons. The monoisotopic (exact) mass is 409 g/mol.